The van der Waals surface area contributed by atoms with Crippen molar-refractivity contribution < 1.29 is 28.5 Å². The Hall–Kier alpha value is -3.33. The van der Waals surface area contributed by atoms with Crippen LogP contribution >= 0.6 is 11.6 Å². The number of carbonyl (C=O) groups is 2. The van der Waals surface area contributed by atoms with Gasteiger partial charge in [0.15, 0.2) is 17.3 Å². The van der Waals surface area contributed by atoms with Crippen molar-refractivity contribution in [1.82, 2.24) is 0 Å². The van der Waals surface area contributed by atoms with E-state index in [1.165, 1.54) is 13.0 Å². The molecule has 1 atom stereocenters. The van der Waals surface area contributed by atoms with Crippen LogP contribution in [0.1, 0.15) is 34.6 Å². The maximum absolute atomic E-state index is 13.0. The normalized spacial score (nSPS) is 11.7. The number of amides is 1. The van der Waals surface area contributed by atoms with E-state index < -0.39 is 17.7 Å². The van der Waals surface area contributed by atoms with Crippen molar-refractivity contribution in [3.63, 3.8) is 0 Å². The van der Waals surface area contributed by atoms with Crippen LogP contribution in [0, 0.1) is 0 Å². The zero-order chi connectivity index (χ0) is 25.1. The zero-order valence-electron chi connectivity index (χ0n) is 20.0. The van der Waals surface area contributed by atoms with Crippen molar-refractivity contribution in [3.8, 4) is 23.0 Å². The highest BCUT2D eigenvalue weighted by molar-refractivity contribution is 6.31. The molecule has 10 heteroatoms. The molecule has 0 aliphatic rings. The summed E-state index contributed by atoms with van der Waals surface area (Å²) in [5.74, 6) is 0.511. The molecule has 0 radical (unpaired) electrons. The minimum absolute atomic E-state index is 0.262. The van der Waals surface area contributed by atoms with E-state index in [4.69, 9.17) is 30.5 Å². The molecule has 0 saturated heterocycles. The third kappa shape index (κ3) is 7.34. The molecule has 1 N–H and O–H groups in total. The molecule has 0 heterocycles. The lowest BCUT2D eigenvalue weighted by Gasteiger charge is -2.17. The maximum Gasteiger partial charge on any atom is 0.258 e. The summed E-state index contributed by atoms with van der Waals surface area (Å²) in [6.45, 7) is 10.2. The monoisotopic (exact) mass is 491 g/mol. The molecule has 9 nitrogen and oxygen atoms in total. The minimum Gasteiger partial charge on any atom is -0.494 e. The van der Waals surface area contributed by atoms with Gasteiger partial charge in [-0.25, -0.2) is 0 Å². The lowest BCUT2D eigenvalue weighted by molar-refractivity contribution is -0.126. The predicted molar refractivity (Wildman–Crippen MR) is 130 cm³/mol. The number of benzene rings is 2. The fourth-order valence-corrected chi connectivity index (χ4v) is 3.17. The second-order valence-corrected chi connectivity index (χ2v) is 7.30. The summed E-state index contributed by atoms with van der Waals surface area (Å²) in [5.41, 5.74) is 0.598. The van der Waals surface area contributed by atoms with Gasteiger partial charge in [-0.3, -0.25) is 9.59 Å². The van der Waals surface area contributed by atoms with Gasteiger partial charge < -0.3 is 24.3 Å². The van der Waals surface area contributed by atoms with Gasteiger partial charge in [-0.05, 0) is 52.8 Å². The number of anilines is 1. The van der Waals surface area contributed by atoms with Crippen LogP contribution in [0.4, 0.5) is 11.4 Å². The maximum atomic E-state index is 13.0. The molecule has 0 aliphatic carbocycles. The minimum atomic E-state index is -1.41. The predicted octanol–water partition coefficient (Wildman–Crippen LogP) is 5.61. The second-order valence-electron chi connectivity index (χ2n) is 6.86. The number of rotatable bonds is 13. The molecule has 2 aromatic carbocycles. The number of hydrogen-bond acceptors (Lipinski definition) is 8. The summed E-state index contributed by atoms with van der Waals surface area (Å²) >= 11 is 6.19. The molecule has 184 valence electrons. The number of nitrogens with one attached hydrogen (secondary N) is 1. The van der Waals surface area contributed by atoms with Gasteiger partial charge in [-0.15, -0.1) is 0 Å². The van der Waals surface area contributed by atoms with Crippen LogP contribution in [0.25, 0.3) is 0 Å². The van der Waals surface area contributed by atoms with Crippen molar-refractivity contribution in [2.75, 3.05) is 31.7 Å². The highest BCUT2D eigenvalue weighted by Gasteiger charge is 2.26. The van der Waals surface area contributed by atoms with Crippen LogP contribution in [-0.4, -0.2) is 44.2 Å². The molecule has 1 amide bonds. The van der Waals surface area contributed by atoms with Gasteiger partial charge in [0.25, 0.3) is 5.91 Å². The lowest BCUT2D eigenvalue weighted by Crippen LogP contribution is -2.32. The molecule has 0 saturated carbocycles. The van der Waals surface area contributed by atoms with Gasteiger partial charge in [0.2, 0.25) is 6.04 Å². The Labute approximate surface area is 204 Å². The molecule has 2 aromatic rings. The number of ketones is 1. The van der Waals surface area contributed by atoms with E-state index in [0.717, 1.165) is 0 Å². The van der Waals surface area contributed by atoms with E-state index in [0.29, 0.717) is 60.1 Å². The van der Waals surface area contributed by atoms with Crippen LogP contribution in [0.15, 0.2) is 40.6 Å². The number of ether oxygens (including phenoxy) is 4. The summed E-state index contributed by atoms with van der Waals surface area (Å²) in [4.78, 5) is 25.3. The van der Waals surface area contributed by atoms with E-state index in [2.05, 4.69) is 15.5 Å². The van der Waals surface area contributed by atoms with Crippen LogP contribution in [0.5, 0.6) is 23.0 Å². The Morgan fingerprint density at radius 2 is 1.56 bits per heavy atom. The fourth-order valence-electron chi connectivity index (χ4n) is 2.97. The molecule has 0 aromatic heterocycles. The first-order chi connectivity index (χ1) is 16.3. The van der Waals surface area contributed by atoms with Gasteiger partial charge in [-0.1, -0.05) is 11.6 Å². The van der Waals surface area contributed by atoms with E-state index >= 15 is 0 Å². The van der Waals surface area contributed by atoms with E-state index in [1.807, 2.05) is 20.8 Å². The summed E-state index contributed by atoms with van der Waals surface area (Å²) < 4.78 is 22.3. The third-order valence-electron chi connectivity index (χ3n) is 4.32. The highest BCUT2D eigenvalue weighted by Crippen LogP contribution is 2.39. The van der Waals surface area contributed by atoms with Crippen molar-refractivity contribution in [2.24, 2.45) is 10.2 Å². The molecule has 0 spiro atoms. The average Bonchev–Trinajstić information content (AvgIpc) is 2.78. The number of azo groups is 1. The SMILES string of the molecule is CCOc1ccc(OCC)c(N=NC(C(C)=O)C(=O)Nc2cc(Cl)cc(OCC)c2OCC)c1. The smallest absolute Gasteiger partial charge is 0.258 e. The molecule has 0 bridgehead atoms. The van der Waals surface area contributed by atoms with Gasteiger partial charge in [0.1, 0.15) is 17.2 Å². The van der Waals surface area contributed by atoms with Gasteiger partial charge in [-0.2, -0.15) is 10.2 Å². The molecule has 2 rings (SSSR count). The van der Waals surface area contributed by atoms with Crippen LogP contribution in [0.2, 0.25) is 5.02 Å². The van der Waals surface area contributed by atoms with Gasteiger partial charge >= 0.3 is 0 Å². The Bertz CT molecular complexity index is 1030. The van der Waals surface area contributed by atoms with Crippen LogP contribution in [0.3, 0.4) is 0 Å². The Morgan fingerprint density at radius 1 is 0.912 bits per heavy atom. The van der Waals surface area contributed by atoms with Crippen LogP contribution in [-0.2, 0) is 9.59 Å². The fraction of sp³-hybridized carbons (Fsp3) is 0.417. The van der Waals surface area contributed by atoms with Crippen molar-refractivity contribution in [1.29, 1.82) is 0 Å². The van der Waals surface area contributed by atoms with Crippen molar-refractivity contribution in [3.05, 3.63) is 35.4 Å². The van der Waals surface area contributed by atoms with Crippen molar-refractivity contribution >= 4 is 34.7 Å². The first kappa shape index (κ1) is 26.9. The number of halogens is 1. The first-order valence-corrected chi connectivity index (χ1v) is 11.4. The van der Waals surface area contributed by atoms with Crippen LogP contribution < -0.4 is 24.3 Å². The van der Waals surface area contributed by atoms with Crippen molar-refractivity contribution in [2.45, 2.75) is 40.7 Å². The summed E-state index contributed by atoms with van der Waals surface area (Å²) in [5, 5.41) is 11.1. The number of nitrogens with zero attached hydrogens (tertiary/aromatic N) is 2. The Balaban J connectivity index is 2.37. The van der Waals surface area contributed by atoms with E-state index in [1.54, 1.807) is 31.2 Å². The number of Topliss-reactive ketones (excluding diaryl/α,β-unsaturated/α-hetero) is 1. The zero-order valence-corrected chi connectivity index (χ0v) is 20.8. The molecule has 0 fully saturated rings. The number of hydrogen-bond donors (Lipinski definition) is 1. The summed E-state index contributed by atoms with van der Waals surface area (Å²) in [6.07, 6.45) is 0. The van der Waals surface area contributed by atoms with Gasteiger partial charge in [0, 0.05) is 17.2 Å². The Kier molecular flexibility index (Phi) is 10.6. The third-order valence-corrected chi connectivity index (χ3v) is 4.54. The molecular weight excluding hydrogens is 462 g/mol. The molecule has 34 heavy (non-hydrogen) atoms. The Morgan fingerprint density at radius 3 is 2.18 bits per heavy atom. The molecular formula is C24H30ClN3O6. The molecule has 0 aliphatic heterocycles. The highest BCUT2D eigenvalue weighted by atomic mass is 35.5. The second kappa shape index (κ2) is 13.4. The van der Waals surface area contributed by atoms with E-state index in [-0.39, 0.29) is 5.69 Å². The first-order valence-electron chi connectivity index (χ1n) is 11.0. The summed E-state index contributed by atoms with van der Waals surface area (Å²) in [6, 6.07) is 6.77. The largest absolute Gasteiger partial charge is 0.494 e. The van der Waals surface area contributed by atoms with Gasteiger partial charge in [0.05, 0.1) is 32.1 Å². The topological polar surface area (TPSA) is 108 Å². The quantitative estimate of drug-likeness (QED) is 0.288. The molecule has 1 unspecified atom stereocenters. The summed E-state index contributed by atoms with van der Waals surface area (Å²) in [7, 11) is 0. The lowest BCUT2D eigenvalue weighted by atomic mass is 10.2. The average molecular weight is 492 g/mol. The number of carbonyl (C=O) groups excluding carboxylic acids is 2. The standard InChI is InChI=1S/C24H30ClN3O6/c1-6-31-17-10-11-20(32-7-2)18(14-17)27-28-22(15(5)29)24(30)26-19-12-16(25)13-21(33-8-3)23(19)34-9-4/h10-14,22H,6-9H2,1-5H3,(H,26,30). The van der Waals surface area contributed by atoms with E-state index in [9.17, 15) is 9.59 Å².